The number of hydrogen-bond acceptors (Lipinski definition) is 2. The molecule has 3 aromatic rings. The number of rotatable bonds is 1. The molecule has 0 aliphatic rings. The average molecular weight is 216 g/mol. The van der Waals surface area contributed by atoms with Crippen LogP contribution in [0.25, 0.3) is 21.9 Å². The summed E-state index contributed by atoms with van der Waals surface area (Å²) in [6.45, 7) is 0. The SMILES string of the molecule is O=C(O)c1cc2[nH]c3c(O)cccc3c2[nH]1. The summed E-state index contributed by atoms with van der Waals surface area (Å²) < 4.78 is 0. The highest BCUT2D eigenvalue weighted by Crippen LogP contribution is 2.30. The van der Waals surface area contributed by atoms with E-state index in [1.54, 1.807) is 12.1 Å². The molecule has 4 N–H and O–H groups in total. The van der Waals surface area contributed by atoms with Gasteiger partial charge in [0.05, 0.1) is 16.6 Å². The second-order valence-corrected chi connectivity index (χ2v) is 3.60. The molecule has 2 aromatic heterocycles. The summed E-state index contributed by atoms with van der Waals surface area (Å²) in [5.74, 6) is -0.850. The van der Waals surface area contributed by atoms with E-state index in [1.165, 1.54) is 6.07 Å². The van der Waals surface area contributed by atoms with E-state index >= 15 is 0 Å². The Morgan fingerprint density at radius 1 is 1.19 bits per heavy atom. The molecule has 5 heteroatoms. The smallest absolute Gasteiger partial charge is 0.352 e. The van der Waals surface area contributed by atoms with Crippen molar-refractivity contribution in [2.24, 2.45) is 0 Å². The lowest BCUT2D eigenvalue weighted by atomic mass is 10.2. The number of hydrogen-bond donors (Lipinski definition) is 4. The molecule has 0 saturated heterocycles. The van der Waals surface area contributed by atoms with Crippen molar-refractivity contribution in [1.82, 2.24) is 9.97 Å². The Morgan fingerprint density at radius 2 is 2.00 bits per heavy atom. The second-order valence-electron chi connectivity index (χ2n) is 3.60. The quantitative estimate of drug-likeness (QED) is 0.502. The first-order chi connectivity index (χ1) is 7.66. The Hall–Kier alpha value is -2.43. The Labute approximate surface area is 89.3 Å². The molecule has 2 heterocycles. The second kappa shape index (κ2) is 2.79. The molecular weight excluding hydrogens is 208 g/mol. The minimum absolute atomic E-state index is 0.131. The predicted molar refractivity (Wildman–Crippen MR) is 58.8 cm³/mol. The predicted octanol–water partition coefficient (Wildman–Crippen LogP) is 2.05. The van der Waals surface area contributed by atoms with E-state index in [0.717, 1.165) is 5.39 Å². The minimum atomic E-state index is -1.00. The number of benzene rings is 1. The lowest BCUT2D eigenvalue weighted by Crippen LogP contribution is -1.95. The number of carboxylic acid groups (broad SMARTS) is 1. The Bertz CT molecular complexity index is 708. The fourth-order valence-corrected chi connectivity index (χ4v) is 1.90. The zero-order chi connectivity index (χ0) is 11.3. The van der Waals surface area contributed by atoms with Gasteiger partial charge in [-0.15, -0.1) is 0 Å². The molecule has 0 amide bonds. The van der Waals surface area contributed by atoms with Crippen LogP contribution in [0.2, 0.25) is 0 Å². The minimum Gasteiger partial charge on any atom is -0.506 e. The summed E-state index contributed by atoms with van der Waals surface area (Å²) in [5.41, 5.74) is 2.12. The van der Waals surface area contributed by atoms with Crippen LogP contribution in [0.4, 0.5) is 0 Å². The van der Waals surface area contributed by atoms with E-state index in [9.17, 15) is 9.90 Å². The van der Waals surface area contributed by atoms with E-state index in [4.69, 9.17) is 5.11 Å². The van der Waals surface area contributed by atoms with Crippen LogP contribution in [-0.2, 0) is 0 Å². The number of nitrogens with one attached hydrogen (secondary N) is 2. The number of carboxylic acids is 1. The van der Waals surface area contributed by atoms with Gasteiger partial charge in [0, 0.05) is 5.39 Å². The number of aromatic carboxylic acids is 1. The van der Waals surface area contributed by atoms with Crippen LogP contribution in [0, 0.1) is 0 Å². The third kappa shape index (κ3) is 1.02. The zero-order valence-electron chi connectivity index (χ0n) is 8.11. The summed E-state index contributed by atoms with van der Waals surface area (Å²) in [6.07, 6.45) is 0. The molecule has 80 valence electrons. The lowest BCUT2D eigenvalue weighted by Gasteiger charge is -1.93. The average Bonchev–Trinajstić information content (AvgIpc) is 2.76. The van der Waals surface area contributed by atoms with Gasteiger partial charge >= 0.3 is 5.97 Å². The number of aromatic nitrogens is 2. The molecule has 16 heavy (non-hydrogen) atoms. The maximum atomic E-state index is 10.8. The van der Waals surface area contributed by atoms with E-state index in [0.29, 0.717) is 16.6 Å². The first-order valence-corrected chi connectivity index (χ1v) is 4.72. The number of aromatic amines is 2. The maximum Gasteiger partial charge on any atom is 0.352 e. The van der Waals surface area contributed by atoms with Crippen molar-refractivity contribution in [2.45, 2.75) is 0 Å². The summed E-state index contributed by atoms with van der Waals surface area (Å²) in [7, 11) is 0. The summed E-state index contributed by atoms with van der Waals surface area (Å²) in [5, 5.41) is 19.2. The lowest BCUT2D eigenvalue weighted by molar-refractivity contribution is 0.0691. The highest BCUT2D eigenvalue weighted by atomic mass is 16.4. The summed E-state index contributed by atoms with van der Waals surface area (Å²) in [6, 6.07) is 6.62. The number of para-hydroxylation sites is 1. The standard InChI is InChI=1S/C11H8N2O3/c14-8-3-1-2-5-9-6(12-10(5)8)4-7(13-9)11(15)16/h1-4,12-14H,(H,15,16). The van der Waals surface area contributed by atoms with Gasteiger partial charge in [-0.2, -0.15) is 0 Å². The summed E-state index contributed by atoms with van der Waals surface area (Å²) in [4.78, 5) is 16.6. The molecule has 0 spiro atoms. The number of phenolic OH excluding ortho intramolecular Hbond substituents is 1. The largest absolute Gasteiger partial charge is 0.506 e. The van der Waals surface area contributed by atoms with Crippen LogP contribution >= 0.6 is 0 Å². The molecule has 0 fully saturated rings. The van der Waals surface area contributed by atoms with Crippen LogP contribution in [0.15, 0.2) is 24.3 Å². The van der Waals surface area contributed by atoms with Crippen molar-refractivity contribution >= 4 is 27.9 Å². The molecule has 0 atom stereocenters. The molecule has 0 aliphatic carbocycles. The number of H-pyrrole nitrogens is 2. The van der Waals surface area contributed by atoms with Gasteiger partial charge in [-0.1, -0.05) is 12.1 Å². The van der Waals surface area contributed by atoms with Crippen LogP contribution in [0.1, 0.15) is 10.5 Å². The maximum absolute atomic E-state index is 10.8. The van der Waals surface area contributed by atoms with E-state index < -0.39 is 5.97 Å². The van der Waals surface area contributed by atoms with Crippen molar-refractivity contribution in [2.75, 3.05) is 0 Å². The van der Waals surface area contributed by atoms with Gasteiger partial charge in [0.15, 0.2) is 0 Å². The molecule has 0 saturated carbocycles. The zero-order valence-corrected chi connectivity index (χ0v) is 8.11. The topological polar surface area (TPSA) is 89.1 Å². The van der Waals surface area contributed by atoms with E-state index in [2.05, 4.69) is 9.97 Å². The molecular formula is C11H8N2O3. The molecule has 3 rings (SSSR count). The highest BCUT2D eigenvalue weighted by molar-refractivity contribution is 6.09. The molecule has 0 radical (unpaired) electrons. The first kappa shape index (κ1) is 8.84. The molecule has 0 bridgehead atoms. The van der Waals surface area contributed by atoms with Gasteiger partial charge in [0.1, 0.15) is 11.4 Å². The van der Waals surface area contributed by atoms with E-state index in [-0.39, 0.29) is 11.4 Å². The number of fused-ring (bicyclic) bond motifs is 3. The van der Waals surface area contributed by atoms with Crippen molar-refractivity contribution in [1.29, 1.82) is 0 Å². The first-order valence-electron chi connectivity index (χ1n) is 4.72. The Balaban J connectivity index is 2.43. The van der Waals surface area contributed by atoms with Gasteiger partial charge in [0.25, 0.3) is 0 Å². The molecule has 0 unspecified atom stereocenters. The molecule has 0 aliphatic heterocycles. The fourth-order valence-electron chi connectivity index (χ4n) is 1.90. The number of phenols is 1. The Kier molecular flexibility index (Phi) is 1.54. The van der Waals surface area contributed by atoms with Gasteiger partial charge in [-0.25, -0.2) is 4.79 Å². The van der Waals surface area contributed by atoms with Crippen molar-refractivity contribution < 1.29 is 15.0 Å². The van der Waals surface area contributed by atoms with Crippen LogP contribution in [-0.4, -0.2) is 26.2 Å². The fraction of sp³-hybridized carbons (Fsp3) is 0. The van der Waals surface area contributed by atoms with E-state index in [1.807, 2.05) is 6.07 Å². The highest BCUT2D eigenvalue weighted by Gasteiger charge is 2.13. The summed E-state index contributed by atoms with van der Waals surface area (Å²) >= 11 is 0. The third-order valence-electron chi connectivity index (χ3n) is 2.62. The van der Waals surface area contributed by atoms with Crippen LogP contribution in [0.3, 0.4) is 0 Å². The van der Waals surface area contributed by atoms with Crippen molar-refractivity contribution in [3.8, 4) is 5.75 Å². The third-order valence-corrected chi connectivity index (χ3v) is 2.62. The monoisotopic (exact) mass is 216 g/mol. The molecule has 1 aromatic carbocycles. The van der Waals surface area contributed by atoms with Gasteiger partial charge in [-0.3, -0.25) is 0 Å². The van der Waals surface area contributed by atoms with Gasteiger partial charge < -0.3 is 20.2 Å². The Morgan fingerprint density at radius 3 is 2.75 bits per heavy atom. The van der Waals surface area contributed by atoms with Gasteiger partial charge in [-0.05, 0) is 12.1 Å². The number of aromatic hydroxyl groups is 1. The van der Waals surface area contributed by atoms with Crippen LogP contribution in [0.5, 0.6) is 5.75 Å². The van der Waals surface area contributed by atoms with Crippen molar-refractivity contribution in [3.63, 3.8) is 0 Å². The normalized spacial score (nSPS) is 11.2. The molecule has 5 nitrogen and oxygen atoms in total. The van der Waals surface area contributed by atoms with Crippen LogP contribution < -0.4 is 0 Å². The van der Waals surface area contributed by atoms with Gasteiger partial charge in [0.2, 0.25) is 0 Å². The van der Waals surface area contributed by atoms with Crippen molar-refractivity contribution in [3.05, 3.63) is 30.0 Å². The number of carbonyl (C=O) groups is 1.